The fourth-order valence-electron chi connectivity index (χ4n) is 5.00. The number of anilines is 2. The van der Waals surface area contributed by atoms with Gasteiger partial charge in [0.2, 0.25) is 5.91 Å². The van der Waals surface area contributed by atoms with Crippen LogP contribution in [0.15, 0.2) is 47.4 Å². The number of methoxy groups -OCH3 is 1. The van der Waals surface area contributed by atoms with Crippen molar-refractivity contribution in [2.24, 2.45) is 0 Å². The number of ether oxygens (including phenoxy) is 1. The second-order valence-corrected chi connectivity index (χ2v) is 10.5. The van der Waals surface area contributed by atoms with Gasteiger partial charge in [0.15, 0.2) is 0 Å². The number of hydrogen-bond donors (Lipinski definition) is 1. The standard InChI is InChI=1S/C27H31N3O4S/c1-6-30-22-12-7-18(13-21(22)17(2)15-27(30,3)4)14-23-25(32)29(26(33)35-23)16-24(31)28-19-8-10-20(34-5)11-9-19/h7-14,17H,6,15-16H2,1-5H3,(H,28,31)/b23-14-/t17-/m1/s1. The lowest BCUT2D eigenvalue weighted by Crippen LogP contribution is -2.48. The van der Waals surface area contributed by atoms with E-state index in [1.54, 1.807) is 37.5 Å². The Morgan fingerprint density at radius 3 is 2.57 bits per heavy atom. The van der Waals surface area contributed by atoms with Gasteiger partial charge in [-0.05, 0) is 98.5 Å². The largest absolute Gasteiger partial charge is 0.497 e. The Kier molecular flexibility index (Phi) is 6.94. The number of carbonyl (C=O) groups is 3. The van der Waals surface area contributed by atoms with Crippen molar-refractivity contribution >= 4 is 46.3 Å². The van der Waals surface area contributed by atoms with E-state index >= 15 is 0 Å². The van der Waals surface area contributed by atoms with Crippen LogP contribution < -0.4 is 15.0 Å². The number of hydrogen-bond acceptors (Lipinski definition) is 6. The minimum absolute atomic E-state index is 0.0811. The second-order valence-electron chi connectivity index (χ2n) is 9.52. The molecule has 1 saturated heterocycles. The normalized spacial score (nSPS) is 20.3. The van der Waals surface area contributed by atoms with Gasteiger partial charge < -0.3 is 15.0 Å². The van der Waals surface area contributed by atoms with Crippen molar-refractivity contribution in [3.8, 4) is 5.75 Å². The van der Waals surface area contributed by atoms with Crippen LogP contribution in [0.1, 0.15) is 51.2 Å². The summed E-state index contributed by atoms with van der Waals surface area (Å²) in [6, 6.07) is 13.0. The Balaban J connectivity index is 1.49. The van der Waals surface area contributed by atoms with Crippen LogP contribution in [0.5, 0.6) is 5.75 Å². The van der Waals surface area contributed by atoms with Gasteiger partial charge in [0.25, 0.3) is 11.1 Å². The van der Waals surface area contributed by atoms with Gasteiger partial charge in [-0.2, -0.15) is 0 Å². The van der Waals surface area contributed by atoms with Crippen LogP contribution in [-0.2, 0) is 9.59 Å². The van der Waals surface area contributed by atoms with E-state index in [0.717, 1.165) is 35.2 Å². The summed E-state index contributed by atoms with van der Waals surface area (Å²) in [5.41, 5.74) is 3.98. The molecule has 2 heterocycles. The zero-order chi connectivity index (χ0) is 25.3. The highest BCUT2D eigenvalue weighted by Crippen LogP contribution is 2.44. The number of nitrogens with zero attached hydrogens (tertiary/aromatic N) is 2. The quantitative estimate of drug-likeness (QED) is 0.537. The Hall–Kier alpha value is -3.26. The van der Waals surface area contributed by atoms with Gasteiger partial charge in [-0.25, -0.2) is 0 Å². The average molecular weight is 494 g/mol. The monoisotopic (exact) mass is 493 g/mol. The van der Waals surface area contributed by atoms with Gasteiger partial charge in [0, 0.05) is 23.5 Å². The predicted octanol–water partition coefficient (Wildman–Crippen LogP) is 5.48. The maximum Gasteiger partial charge on any atom is 0.294 e. The van der Waals surface area contributed by atoms with Gasteiger partial charge in [0.05, 0.1) is 12.0 Å². The number of nitrogens with one attached hydrogen (secondary N) is 1. The third-order valence-corrected chi connectivity index (χ3v) is 7.48. The molecule has 35 heavy (non-hydrogen) atoms. The molecule has 0 aliphatic carbocycles. The minimum atomic E-state index is -0.452. The Labute approximate surface area is 210 Å². The molecule has 184 valence electrons. The number of imide groups is 1. The molecule has 1 N–H and O–H groups in total. The van der Waals surface area contributed by atoms with E-state index < -0.39 is 17.1 Å². The minimum Gasteiger partial charge on any atom is -0.497 e. The molecule has 2 aliphatic rings. The number of fused-ring (bicyclic) bond motifs is 1. The van der Waals surface area contributed by atoms with Crippen molar-refractivity contribution < 1.29 is 19.1 Å². The zero-order valence-corrected chi connectivity index (χ0v) is 21.6. The molecule has 1 atom stereocenters. The highest BCUT2D eigenvalue weighted by molar-refractivity contribution is 8.18. The summed E-state index contributed by atoms with van der Waals surface area (Å²) in [6.45, 7) is 9.51. The van der Waals surface area contributed by atoms with Gasteiger partial charge >= 0.3 is 0 Å². The summed E-state index contributed by atoms with van der Waals surface area (Å²) in [6.07, 6.45) is 2.78. The molecule has 0 radical (unpaired) electrons. The number of amides is 3. The van der Waals surface area contributed by atoms with Crippen LogP contribution in [0.3, 0.4) is 0 Å². The molecule has 2 aliphatic heterocycles. The molecule has 8 heteroatoms. The summed E-state index contributed by atoms with van der Waals surface area (Å²) in [5, 5.41) is 2.26. The summed E-state index contributed by atoms with van der Waals surface area (Å²) in [4.78, 5) is 41.6. The maximum absolute atomic E-state index is 12.9. The highest BCUT2D eigenvalue weighted by Gasteiger charge is 2.37. The fourth-order valence-corrected chi connectivity index (χ4v) is 5.84. The van der Waals surface area contributed by atoms with E-state index in [0.29, 0.717) is 22.3 Å². The Bertz CT molecular complexity index is 1190. The van der Waals surface area contributed by atoms with Crippen LogP contribution in [0, 0.1) is 0 Å². The Morgan fingerprint density at radius 1 is 1.20 bits per heavy atom. The average Bonchev–Trinajstić information content (AvgIpc) is 3.07. The summed E-state index contributed by atoms with van der Waals surface area (Å²) in [7, 11) is 1.56. The topological polar surface area (TPSA) is 79.0 Å². The number of carbonyl (C=O) groups excluding carboxylic acids is 3. The number of benzene rings is 2. The number of rotatable bonds is 6. The molecule has 2 aromatic carbocycles. The number of thioether (sulfide) groups is 1. The van der Waals surface area contributed by atoms with Crippen molar-refractivity contribution in [1.82, 2.24) is 4.90 Å². The van der Waals surface area contributed by atoms with Crippen molar-refractivity contribution in [3.05, 3.63) is 58.5 Å². The molecule has 4 rings (SSSR count). The van der Waals surface area contributed by atoms with E-state index in [4.69, 9.17) is 4.74 Å². The highest BCUT2D eigenvalue weighted by atomic mass is 32.2. The Morgan fingerprint density at radius 2 is 1.91 bits per heavy atom. The lowest BCUT2D eigenvalue weighted by Gasteiger charge is -2.47. The SMILES string of the molecule is CCN1c2ccc(/C=C3\SC(=O)N(CC(=O)Nc4ccc(OC)cc4)C3=O)cc2[C@H](C)CC1(C)C. The van der Waals surface area contributed by atoms with E-state index in [1.807, 2.05) is 6.07 Å². The first-order valence-corrected chi connectivity index (χ1v) is 12.6. The molecule has 3 amide bonds. The summed E-state index contributed by atoms with van der Waals surface area (Å²) in [5.74, 6) is 0.158. The smallest absolute Gasteiger partial charge is 0.294 e. The molecule has 0 saturated carbocycles. The van der Waals surface area contributed by atoms with Gasteiger partial charge in [-0.3, -0.25) is 19.3 Å². The zero-order valence-electron chi connectivity index (χ0n) is 20.8. The van der Waals surface area contributed by atoms with Crippen LogP contribution in [-0.4, -0.2) is 47.7 Å². The molecule has 0 unspecified atom stereocenters. The van der Waals surface area contributed by atoms with Crippen LogP contribution in [0.4, 0.5) is 16.2 Å². The van der Waals surface area contributed by atoms with E-state index in [-0.39, 0.29) is 12.1 Å². The van der Waals surface area contributed by atoms with Crippen LogP contribution >= 0.6 is 11.8 Å². The first-order chi connectivity index (χ1) is 16.6. The fraction of sp³-hybridized carbons (Fsp3) is 0.370. The molecular weight excluding hydrogens is 462 g/mol. The third kappa shape index (κ3) is 5.07. The van der Waals surface area contributed by atoms with Crippen LogP contribution in [0.2, 0.25) is 0 Å². The molecule has 0 spiro atoms. The van der Waals surface area contributed by atoms with Crippen LogP contribution in [0.25, 0.3) is 6.08 Å². The molecule has 0 aromatic heterocycles. The van der Waals surface area contributed by atoms with Gasteiger partial charge in [-0.15, -0.1) is 0 Å². The van der Waals surface area contributed by atoms with Crippen molar-refractivity contribution in [1.29, 1.82) is 0 Å². The first-order valence-electron chi connectivity index (χ1n) is 11.7. The maximum atomic E-state index is 12.9. The van der Waals surface area contributed by atoms with E-state index in [2.05, 4.69) is 50.0 Å². The molecule has 0 bridgehead atoms. The predicted molar refractivity (Wildman–Crippen MR) is 141 cm³/mol. The third-order valence-electron chi connectivity index (χ3n) is 6.57. The van der Waals surface area contributed by atoms with Gasteiger partial charge in [0.1, 0.15) is 12.3 Å². The lowest BCUT2D eigenvalue weighted by atomic mass is 9.79. The lowest BCUT2D eigenvalue weighted by molar-refractivity contribution is -0.127. The molecular formula is C27H31N3O4S. The van der Waals surface area contributed by atoms with E-state index in [9.17, 15) is 14.4 Å². The first kappa shape index (κ1) is 24.9. The summed E-state index contributed by atoms with van der Waals surface area (Å²) >= 11 is 0.864. The molecule has 1 fully saturated rings. The second kappa shape index (κ2) is 9.77. The van der Waals surface area contributed by atoms with Crippen molar-refractivity contribution in [3.63, 3.8) is 0 Å². The molecule has 2 aromatic rings. The van der Waals surface area contributed by atoms with Gasteiger partial charge in [-0.1, -0.05) is 13.0 Å². The van der Waals surface area contributed by atoms with Crippen molar-refractivity contribution in [2.75, 3.05) is 30.4 Å². The summed E-state index contributed by atoms with van der Waals surface area (Å²) < 4.78 is 5.11. The van der Waals surface area contributed by atoms with Crippen molar-refractivity contribution in [2.45, 2.75) is 45.6 Å². The van der Waals surface area contributed by atoms with E-state index in [1.165, 1.54) is 11.3 Å². The molecule has 7 nitrogen and oxygen atoms in total.